The Bertz CT molecular complexity index is 912. The molecule has 0 radical (unpaired) electrons. The molecule has 2 aromatic rings. The van der Waals surface area contributed by atoms with E-state index in [2.05, 4.69) is 13.8 Å². The van der Waals surface area contributed by atoms with Gasteiger partial charge in [0.05, 0.1) is 12.5 Å². The Kier molecular flexibility index (Phi) is 7.88. The topological polar surface area (TPSA) is 65.7 Å². The number of benzene rings is 1. The van der Waals surface area contributed by atoms with Gasteiger partial charge < -0.3 is 13.9 Å². The maximum absolute atomic E-state index is 14.8. The Morgan fingerprint density at radius 1 is 1.13 bits per heavy atom. The van der Waals surface area contributed by atoms with Crippen molar-refractivity contribution < 1.29 is 23.1 Å². The van der Waals surface area contributed by atoms with Crippen molar-refractivity contribution in [2.75, 3.05) is 6.61 Å². The molecule has 0 unspecified atom stereocenters. The standard InChI is InChI=1S/C24H31FO5/c1-3-5-6-7-14-28-19-13-12-18-15-20(30-24(27)21(18)22(19)25)29-23(26)17-10-8-16(4-2)9-11-17/h12-13,15-17H,3-11,14H2,1-2H3. The smallest absolute Gasteiger partial charge is 0.349 e. The predicted molar refractivity (Wildman–Crippen MR) is 113 cm³/mol. The summed E-state index contributed by atoms with van der Waals surface area (Å²) in [7, 11) is 0. The first-order chi connectivity index (χ1) is 14.5. The minimum Gasteiger partial charge on any atom is -0.490 e. The number of esters is 1. The van der Waals surface area contributed by atoms with E-state index in [4.69, 9.17) is 13.9 Å². The molecular weight excluding hydrogens is 387 g/mol. The lowest BCUT2D eigenvalue weighted by Crippen LogP contribution is -2.25. The third-order valence-corrected chi connectivity index (χ3v) is 6.02. The molecule has 0 amide bonds. The van der Waals surface area contributed by atoms with Crippen molar-refractivity contribution in [1.82, 2.24) is 0 Å². The summed E-state index contributed by atoms with van der Waals surface area (Å²) in [6.07, 6.45) is 8.75. The lowest BCUT2D eigenvalue weighted by atomic mass is 9.81. The fourth-order valence-corrected chi connectivity index (χ4v) is 4.06. The Balaban J connectivity index is 1.69. The zero-order chi connectivity index (χ0) is 21.5. The molecule has 0 spiro atoms. The molecule has 3 rings (SSSR count). The van der Waals surface area contributed by atoms with Gasteiger partial charge in [0, 0.05) is 6.07 Å². The van der Waals surface area contributed by atoms with E-state index in [1.807, 2.05) is 0 Å². The predicted octanol–water partition coefficient (Wildman–Crippen LogP) is 6.01. The Labute approximate surface area is 176 Å². The number of unbranched alkanes of at least 4 members (excludes halogenated alkanes) is 3. The van der Waals surface area contributed by atoms with E-state index < -0.39 is 11.4 Å². The fourth-order valence-electron chi connectivity index (χ4n) is 4.06. The zero-order valence-electron chi connectivity index (χ0n) is 17.9. The molecule has 1 aromatic carbocycles. The number of rotatable bonds is 9. The summed E-state index contributed by atoms with van der Waals surface area (Å²) in [5.41, 5.74) is -0.876. The van der Waals surface area contributed by atoms with Crippen molar-refractivity contribution in [3.05, 3.63) is 34.4 Å². The summed E-state index contributed by atoms with van der Waals surface area (Å²) in [5.74, 6) is -0.814. The highest BCUT2D eigenvalue weighted by atomic mass is 19.1. The van der Waals surface area contributed by atoms with Crippen LogP contribution in [-0.2, 0) is 4.79 Å². The average molecular weight is 419 g/mol. The second-order valence-electron chi connectivity index (χ2n) is 8.15. The minimum absolute atomic E-state index is 0.0312. The largest absolute Gasteiger partial charge is 0.490 e. The van der Waals surface area contributed by atoms with Crippen LogP contribution in [0.1, 0.15) is 71.6 Å². The van der Waals surface area contributed by atoms with E-state index in [1.165, 1.54) is 12.1 Å². The van der Waals surface area contributed by atoms with Crippen LogP contribution in [0.3, 0.4) is 0 Å². The van der Waals surface area contributed by atoms with Crippen LogP contribution in [0, 0.1) is 17.7 Å². The van der Waals surface area contributed by atoms with E-state index >= 15 is 0 Å². The molecule has 1 aliphatic rings. The first kappa shape index (κ1) is 22.3. The molecule has 1 aromatic heterocycles. The lowest BCUT2D eigenvalue weighted by molar-refractivity contribution is -0.141. The normalized spacial score (nSPS) is 19.0. The van der Waals surface area contributed by atoms with Crippen LogP contribution in [0.5, 0.6) is 11.7 Å². The number of carbonyl (C=O) groups excluding carboxylic acids is 1. The highest BCUT2D eigenvalue weighted by Gasteiger charge is 2.28. The third-order valence-electron chi connectivity index (χ3n) is 6.02. The molecule has 1 aliphatic carbocycles. The zero-order valence-corrected chi connectivity index (χ0v) is 17.9. The van der Waals surface area contributed by atoms with Gasteiger partial charge in [0.25, 0.3) is 5.95 Å². The molecule has 5 nitrogen and oxygen atoms in total. The van der Waals surface area contributed by atoms with E-state index in [0.717, 1.165) is 57.8 Å². The van der Waals surface area contributed by atoms with Gasteiger partial charge in [-0.1, -0.05) is 39.5 Å². The van der Waals surface area contributed by atoms with Crippen LogP contribution in [0.15, 0.2) is 27.4 Å². The molecular formula is C24H31FO5. The summed E-state index contributed by atoms with van der Waals surface area (Å²) in [6, 6.07) is 4.47. The number of ether oxygens (including phenoxy) is 2. The third kappa shape index (κ3) is 5.41. The molecule has 0 bridgehead atoms. The van der Waals surface area contributed by atoms with Crippen LogP contribution in [0.4, 0.5) is 4.39 Å². The maximum Gasteiger partial charge on any atom is 0.349 e. The fraction of sp³-hybridized carbons (Fsp3) is 0.583. The van der Waals surface area contributed by atoms with Crippen LogP contribution >= 0.6 is 0 Å². The molecule has 30 heavy (non-hydrogen) atoms. The van der Waals surface area contributed by atoms with Gasteiger partial charge in [0.1, 0.15) is 5.39 Å². The lowest BCUT2D eigenvalue weighted by Gasteiger charge is -2.25. The van der Waals surface area contributed by atoms with Crippen molar-refractivity contribution in [1.29, 1.82) is 0 Å². The van der Waals surface area contributed by atoms with E-state index in [0.29, 0.717) is 17.9 Å². The van der Waals surface area contributed by atoms with Gasteiger partial charge in [0.15, 0.2) is 11.6 Å². The summed E-state index contributed by atoms with van der Waals surface area (Å²) in [5, 5.41) is 0.129. The van der Waals surface area contributed by atoms with Crippen molar-refractivity contribution >= 4 is 16.7 Å². The quantitative estimate of drug-likeness (QED) is 0.368. The Hall–Kier alpha value is -2.37. The Morgan fingerprint density at radius 3 is 2.60 bits per heavy atom. The van der Waals surface area contributed by atoms with Gasteiger partial charge >= 0.3 is 11.6 Å². The molecule has 6 heteroatoms. The monoisotopic (exact) mass is 418 g/mol. The second kappa shape index (κ2) is 10.6. The van der Waals surface area contributed by atoms with Crippen LogP contribution < -0.4 is 15.1 Å². The van der Waals surface area contributed by atoms with Crippen molar-refractivity contribution in [2.45, 2.75) is 71.6 Å². The molecule has 1 saturated carbocycles. The van der Waals surface area contributed by atoms with Crippen LogP contribution in [0.25, 0.3) is 10.8 Å². The summed E-state index contributed by atoms with van der Waals surface area (Å²) in [4.78, 5) is 24.8. The van der Waals surface area contributed by atoms with Crippen molar-refractivity contribution in [3.8, 4) is 11.7 Å². The highest BCUT2D eigenvalue weighted by molar-refractivity contribution is 5.84. The SMILES string of the molecule is CCCCCCOc1ccc2cc(OC(=O)C3CCC(CC)CC3)oc(=O)c2c1F. The molecule has 1 fully saturated rings. The Morgan fingerprint density at radius 2 is 1.90 bits per heavy atom. The summed E-state index contributed by atoms with van der Waals surface area (Å²) in [6.45, 7) is 4.67. The summed E-state index contributed by atoms with van der Waals surface area (Å²) >= 11 is 0. The van der Waals surface area contributed by atoms with Gasteiger partial charge in [-0.05, 0) is 55.5 Å². The number of hydrogen-bond acceptors (Lipinski definition) is 5. The molecule has 0 saturated heterocycles. The summed E-state index contributed by atoms with van der Waals surface area (Å²) < 4.78 is 30.7. The number of fused-ring (bicyclic) bond motifs is 1. The molecule has 0 atom stereocenters. The van der Waals surface area contributed by atoms with E-state index in [9.17, 15) is 14.0 Å². The minimum atomic E-state index is -0.876. The number of hydrogen-bond donors (Lipinski definition) is 0. The molecule has 0 aliphatic heterocycles. The van der Waals surface area contributed by atoms with Gasteiger partial charge in [-0.15, -0.1) is 0 Å². The van der Waals surface area contributed by atoms with Crippen molar-refractivity contribution in [2.24, 2.45) is 11.8 Å². The van der Waals surface area contributed by atoms with E-state index in [1.54, 1.807) is 6.07 Å². The molecule has 0 N–H and O–H groups in total. The molecule has 164 valence electrons. The van der Waals surface area contributed by atoms with Gasteiger partial charge in [-0.2, -0.15) is 0 Å². The number of halogens is 1. The highest BCUT2D eigenvalue weighted by Crippen LogP contribution is 2.32. The second-order valence-corrected chi connectivity index (χ2v) is 8.15. The average Bonchev–Trinajstić information content (AvgIpc) is 2.74. The van der Waals surface area contributed by atoms with Crippen LogP contribution in [-0.4, -0.2) is 12.6 Å². The maximum atomic E-state index is 14.8. The van der Waals surface area contributed by atoms with Gasteiger partial charge in [-0.25, -0.2) is 9.18 Å². The van der Waals surface area contributed by atoms with Crippen LogP contribution in [0.2, 0.25) is 0 Å². The first-order valence-electron chi connectivity index (χ1n) is 11.1. The number of carbonyl (C=O) groups is 1. The van der Waals surface area contributed by atoms with Gasteiger partial charge in [-0.3, -0.25) is 4.79 Å². The molecule has 1 heterocycles. The first-order valence-corrected chi connectivity index (χ1v) is 11.1. The van der Waals surface area contributed by atoms with E-state index in [-0.39, 0.29) is 29.0 Å². The van der Waals surface area contributed by atoms with Crippen molar-refractivity contribution in [3.63, 3.8) is 0 Å². The van der Waals surface area contributed by atoms with Gasteiger partial charge in [0.2, 0.25) is 0 Å².